The molecule has 1 N–H and O–H groups in total. The Bertz CT molecular complexity index is 533. The lowest BCUT2D eigenvalue weighted by Crippen LogP contribution is -2.45. The summed E-state index contributed by atoms with van der Waals surface area (Å²) >= 11 is 0. The standard InChI is InChI=1S/C14H16N2O2/c1-11-5-3-7-16(12(11)2)10-14(17)15-9-13-6-4-8-18-13/h3-8H,9-10H2,1-2H3/p+1. The van der Waals surface area contributed by atoms with Gasteiger partial charge in [0.1, 0.15) is 5.76 Å². The van der Waals surface area contributed by atoms with Crippen molar-refractivity contribution in [3.05, 3.63) is 53.7 Å². The summed E-state index contributed by atoms with van der Waals surface area (Å²) in [6.45, 7) is 4.80. The average Bonchev–Trinajstić information content (AvgIpc) is 2.86. The molecule has 2 rings (SSSR count). The number of rotatable bonds is 4. The SMILES string of the molecule is Cc1ccc[n+](CC(=O)NCc2ccco2)c1C. The summed E-state index contributed by atoms with van der Waals surface area (Å²) in [7, 11) is 0. The number of hydrogen-bond acceptors (Lipinski definition) is 2. The summed E-state index contributed by atoms with van der Waals surface area (Å²) < 4.78 is 7.09. The van der Waals surface area contributed by atoms with Crippen molar-refractivity contribution in [1.29, 1.82) is 0 Å². The summed E-state index contributed by atoms with van der Waals surface area (Å²) in [6.07, 6.45) is 3.51. The van der Waals surface area contributed by atoms with Gasteiger partial charge in [0, 0.05) is 18.6 Å². The highest BCUT2D eigenvalue weighted by Gasteiger charge is 2.13. The third-order valence-corrected chi connectivity index (χ3v) is 2.97. The van der Waals surface area contributed by atoms with E-state index in [0.29, 0.717) is 13.1 Å². The summed E-state index contributed by atoms with van der Waals surface area (Å²) in [4.78, 5) is 11.8. The van der Waals surface area contributed by atoms with E-state index in [4.69, 9.17) is 4.42 Å². The summed E-state index contributed by atoms with van der Waals surface area (Å²) in [5.74, 6) is 0.736. The first kappa shape index (κ1) is 12.4. The van der Waals surface area contributed by atoms with Gasteiger partial charge in [-0.2, -0.15) is 4.57 Å². The first-order chi connectivity index (χ1) is 8.66. The molecule has 2 aromatic rings. The van der Waals surface area contributed by atoms with E-state index in [2.05, 4.69) is 5.32 Å². The highest BCUT2D eigenvalue weighted by molar-refractivity contribution is 5.74. The molecule has 0 spiro atoms. The fourth-order valence-electron chi connectivity index (χ4n) is 1.73. The van der Waals surface area contributed by atoms with Crippen LogP contribution in [0.15, 0.2) is 41.1 Å². The van der Waals surface area contributed by atoms with Gasteiger partial charge in [0.05, 0.1) is 12.8 Å². The van der Waals surface area contributed by atoms with Crippen LogP contribution in [0, 0.1) is 13.8 Å². The van der Waals surface area contributed by atoms with Gasteiger partial charge in [-0.3, -0.25) is 4.79 Å². The van der Waals surface area contributed by atoms with Crippen LogP contribution in [0.4, 0.5) is 0 Å². The zero-order valence-corrected chi connectivity index (χ0v) is 10.6. The number of nitrogens with zero attached hydrogens (tertiary/aromatic N) is 1. The number of pyridine rings is 1. The number of aryl methyl sites for hydroxylation is 1. The average molecular weight is 245 g/mol. The van der Waals surface area contributed by atoms with Crippen LogP contribution in [-0.2, 0) is 17.9 Å². The largest absolute Gasteiger partial charge is 0.467 e. The smallest absolute Gasteiger partial charge is 0.286 e. The predicted octanol–water partition coefficient (Wildman–Crippen LogP) is 1.50. The van der Waals surface area contributed by atoms with E-state index in [1.165, 1.54) is 5.56 Å². The Morgan fingerprint density at radius 3 is 2.89 bits per heavy atom. The molecule has 0 fully saturated rings. The number of amides is 1. The van der Waals surface area contributed by atoms with Crippen LogP contribution >= 0.6 is 0 Å². The molecule has 0 aliphatic carbocycles. The van der Waals surface area contributed by atoms with E-state index in [1.54, 1.807) is 12.3 Å². The second-order valence-electron chi connectivity index (χ2n) is 4.26. The van der Waals surface area contributed by atoms with Crippen molar-refractivity contribution in [2.24, 2.45) is 0 Å². The summed E-state index contributed by atoms with van der Waals surface area (Å²) in [5.41, 5.74) is 2.28. The van der Waals surface area contributed by atoms with E-state index in [9.17, 15) is 4.79 Å². The van der Waals surface area contributed by atoms with Crippen molar-refractivity contribution in [1.82, 2.24) is 5.32 Å². The van der Waals surface area contributed by atoms with Gasteiger partial charge in [0.25, 0.3) is 5.91 Å². The first-order valence-electron chi connectivity index (χ1n) is 5.91. The van der Waals surface area contributed by atoms with E-state index >= 15 is 0 Å². The molecular formula is C14H17N2O2+. The Hall–Kier alpha value is -2.10. The lowest BCUT2D eigenvalue weighted by Gasteiger charge is -2.03. The van der Waals surface area contributed by atoms with Crippen LogP contribution < -0.4 is 9.88 Å². The second kappa shape index (κ2) is 5.49. The zero-order chi connectivity index (χ0) is 13.0. The number of hydrogen-bond donors (Lipinski definition) is 1. The number of nitrogens with one attached hydrogen (secondary N) is 1. The molecular weight excluding hydrogens is 228 g/mol. The number of furan rings is 1. The van der Waals surface area contributed by atoms with Gasteiger partial charge in [-0.25, -0.2) is 0 Å². The van der Waals surface area contributed by atoms with Gasteiger partial charge in [-0.1, -0.05) is 0 Å². The minimum atomic E-state index is -0.0231. The Morgan fingerprint density at radius 1 is 1.33 bits per heavy atom. The molecule has 4 nitrogen and oxygen atoms in total. The van der Waals surface area contributed by atoms with Crippen molar-refractivity contribution in [2.75, 3.05) is 0 Å². The molecule has 18 heavy (non-hydrogen) atoms. The number of carbonyl (C=O) groups excluding carboxylic acids is 1. The normalized spacial score (nSPS) is 10.3. The van der Waals surface area contributed by atoms with Gasteiger partial charge in [0.15, 0.2) is 11.9 Å². The molecule has 0 saturated carbocycles. The zero-order valence-electron chi connectivity index (χ0n) is 10.6. The molecule has 0 aromatic carbocycles. The molecule has 0 atom stereocenters. The maximum absolute atomic E-state index is 11.8. The third kappa shape index (κ3) is 2.97. The molecule has 4 heteroatoms. The minimum absolute atomic E-state index is 0.0231. The predicted molar refractivity (Wildman–Crippen MR) is 66.7 cm³/mol. The van der Waals surface area contributed by atoms with Crippen LogP contribution in [0.3, 0.4) is 0 Å². The highest BCUT2D eigenvalue weighted by Crippen LogP contribution is 2.00. The monoisotopic (exact) mass is 245 g/mol. The summed E-state index contributed by atoms with van der Waals surface area (Å²) in [5, 5.41) is 2.83. The van der Waals surface area contributed by atoms with Gasteiger partial charge in [-0.05, 0) is 25.1 Å². The fraction of sp³-hybridized carbons (Fsp3) is 0.286. The number of carbonyl (C=O) groups is 1. The van der Waals surface area contributed by atoms with Gasteiger partial charge >= 0.3 is 0 Å². The molecule has 94 valence electrons. The third-order valence-electron chi connectivity index (χ3n) is 2.97. The lowest BCUT2D eigenvalue weighted by molar-refractivity contribution is -0.690. The van der Waals surface area contributed by atoms with Crippen LogP contribution in [0.5, 0.6) is 0 Å². The van der Waals surface area contributed by atoms with Crippen molar-refractivity contribution in [2.45, 2.75) is 26.9 Å². The topological polar surface area (TPSA) is 46.1 Å². The highest BCUT2D eigenvalue weighted by atomic mass is 16.3. The fourth-order valence-corrected chi connectivity index (χ4v) is 1.73. The van der Waals surface area contributed by atoms with Gasteiger partial charge in [0.2, 0.25) is 6.54 Å². The minimum Gasteiger partial charge on any atom is -0.467 e. The van der Waals surface area contributed by atoms with Crippen molar-refractivity contribution in [3.63, 3.8) is 0 Å². The van der Waals surface area contributed by atoms with E-state index in [-0.39, 0.29) is 5.91 Å². The number of aromatic nitrogens is 1. The Labute approximate surface area is 106 Å². The lowest BCUT2D eigenvalue weighted by atomic mass is 10.2. The van der Waals surface area contributed by atoms with Crippen LogP contribution in [0.2, 0.25) is 0 Å². The Morgan fingerprint density at radius 2 is 2.17 bits per heavy atom. The maximum atomic E-state index is 11.8. The molecule has 2 aromatic heterocycles. The van der Waals surface area contributed by atoms with Crippen LogP contribution in [0.25, 0.3) is 0 Å². The molecule has 0 radical (unpaired) electrons. The molecule has 0 unspecified atom stereocenters. The molecule has 0 saturated heterocycles. The Balaban J connectivity index is 1.93. The second-order valence-corrected chi connectivity index (χ2v) is 4.26. The molecule has 0 aliphatic heterocycles. The van der Waals surface area contributed by atoms with Crippen LogP contribution in [0.1, 0.15) is 17.0 Å². The van der Waals surface area contributed by atoms with E-state index in [0.717, 1.165) is 11.5 Å². The quantitative estimate of drug-likeness (QED) is 0.830. The molecule has 2 heterocycles. The maximum Gasteiger partial charge on any atom is 0.286 e. The van der Waals surface area contributed by atoms with Crippen LogP contribution in [-0.4, -0.2) is 5.91 Å². The molecule has 0 bridgehead atoms. The Kier molecular flexibility index (Phi) is 3.77. The van der Waals surface area contributed by atoms with Gasteiger partial charge in [-0.15, -0.1) is 0 Å². The first-order valence-corrected chi connectivity index (χ1v) is 5.91. The summed E-state index contributed by atoms with van der Waals surface area (Å²) in [6, 6.07) is 7.63. The molecule has 1 amide bonds. The van der Waals surface area contributed by atoms with Crippen molar-refractivity contribution < 1.29 is 13.8 Å². The van der Waals surface area contributed by atoms with Gasteiger partial charge < -0.3 is 9.73 Å². The van der Waals surface area contributed by atoms with Crippen molar-refractivity contribution >= 4 is 5.91 Å². The molecule has 0 aliphatic rings. The van der Waals surface area contributed by atoms with Crippen molar-refractivity contribution in [3.8, 4) is 0 Å². The van der Waals surface area contributed by atoms with E-state index in [1.807, 2.05) is 42.8 Å². The van der Waals surface area contributed by atoms with E-state index < -0.39 is 0 Å².